The minimum Gasteiger partial charge on any atom is -0.854 e. The van der Waals surface area contributed by atoms with Crippen LogP contribution in [-0.4, -0.2) is 31.1 Å². The summed E-state index contributed by atoms with van der Waals surface area (Å²) in [7, 11) is 0. The number of hydrogen-bond acceptors (Lipinski definition) is 2. The molecule has 2 nitrogen and oxygen atoms in total. The molecule has 0 atom stereocenters. The van der Waals surface area contributed by atoms with Crippen molar-refractivity contribution in [2.75, 3.05) is 26.2 Å². The molecule has 1 saturated heterocycles. The molecule has 0 unspecified atom stereocenters. The van der Waals surface area contributed by atoms with Gasteiger partial charge in [0.15, 0.2) is 0 Å². The van der Waals surface area contributed by atoms with Crippen molar-refractivity contribution in [2.24, 2.45) is 10.8 Å². The van der Waals surface area contributed by atoms with Gasteiger partial charge in [-0.3, -0.25) is 0 Å². The summed E-state index contributed by atoms with van der Waals surface area (Å²) in [5.41, 5.74) is 0.708. The van der Waals surface area contributed by atoms with E-state index in [1.165, 1.54) is 25.9 Å². The van der Waals surface area contributed by atoms with Crippen LogP contribution in [0.3, 0.4) is 0 Å². The summed E-state index contributed by atoms with van der Waals surface area (Å²) in [4.78, 5) is 2.51. The van der Waals surface area contributed by atoms with Gasteiger partial charge in [0, 0.05) is 7.92 Å². The zero-order chi connectivity index (χ0) is 11.2. The molecule has 0 aromatic rings. The molecule has 3 heteroatoms. The second kappa shape index (κ2) is 5.28. The van der Waals surface area contributed by atoms with Crippen molar-refractivity contribution in [2.45, 2.75) is 44.9 Å². The van der Waals surface area contributed by atoms with Crippen LogP contribution in [0, 0.1) is 10.8 Å². The molecule has 3 rings (SSSR count). The van der Waals surface area contributed by atoms with E-state index in [2.05, 4.69) is 4.90 Å². The molecule has 16 heavy (non-hydrogen) atoms. The molecule has 0 radical (unpaired) electrons. The maximum absolute atomic E-state index is 11.1. The number of hydrogen-bond donors (Lipinski definition) is 0. The van der Waals surface area contributed by atoms with Gasteiger partial charge in [-0.2, -0.15) is 0 Å². The van der Waals surface area contributed by atoms with Gasteiger partial charge in [-0.05, 0) is 62.4 Å². The third kappa shape index (κ3) is 2.76. The first-order valence-corrected chi connectivity index (χ1v) is 6.38. The van der Waals surface area contributed by atoms with Crippen LogP contribution in [0.2, 0.25) is 0 Å². The Labute approximate surface area is 143 Å². The molecule has 0 amide bonds. The van der Waals surface area contributed by atoms with Gasteiger partial charge in [0.25, 0.3) is 0 Å². The third-order valence-electron chi connectivity index (χ3n) is 4.89. The predicted molar refractivity (Wildman–Crippen MR) is 58.5 cm³/mol. The molecule has 86 valence electrons. The van der Waals surface area contributed by atoms with Crippen molar-refractivity contribution >= 4 is 0 Å². The van der Waals surface area contributed by atoms with Gasteiger partial charge in [0.1, 0.15) is 0 Å². The Morgan fingerprint density at radius 1 is 1.06 bits per heavy atom. The summed E-state index contributed by atoms with van der Waals surface area (Å²) >= 11 is 0. The molecule has 1 spiro atoms. The van der Waals surface area contributed by atoms with E-state index in [9.17, 15) is 5.11 Å². The number of nitrogens with zero attached hydrogens (tertiary/aromatic N) is 1. The fourth-order valence-electron chi connectivity index (χ4n) is 3.15. The molecule has 2 aliphatic carbocycles. The first-order chi connectivity index (χ1) is 7.65. The molecule has 1 heterocycles. The van der Waals surface area contributed by atoms with E-state index in [0.717, 1.165) is 32.2 Å². The maximum atomic E-state index is 11.1. The van der Waals surface area contributed by atoms with Crippen molar-refractivity contribution in [3.8, 4) is 0 Å². The molecule has 0 aromatic carbocycles. The topological polar surface area (TPSA) is 26.3 Å². The van der Waals surface area contributed by atoms with Crippen LogP contribution in [0.1, 0.15) is 46.3 Å². The van der Waals surface area contributed by atoms with E-state index in [4.69, 9.17) is 1.37 Å². The van der Waals surface area contributed by atoms with Gasteiger partial charge in [-0.1, -0.05) is 6.40 Å². The maximum Gasteiger partial charge on any atom is 1.00 e. The summed E-state index contributed by atoms with van der Waals surface area (Å²) < 4.78 is 7.65. The fraction of sp³-hybridized carbons (Fsp3) is 1.00. The van der Waals surface area contributed by atoms with E-state index in [-0.39, 0.29) is 69.8 Å². The van der Waals surface area contributed by atoms with Gasteiger partial charge in [-0.25, -0.2) is 0 Å². The van der Waals surface area contributed by atoms with Crippen LogP contribution >= 0.6 is 0 Å². The molecule has 1 aliphatic heterocycles. The predicted octanol–water partition coefficient (Wildman–Crippen LogP) is -1.60. The molecule has 2 saturated carbocycles. The Bertz CT molecular complexity index is 267. The average molecular weight is 249 g/mol. The van der Waals surface area contributed by atoms with Crippen molar-refractivity contribution < 1.29 is 57.9 Å². The third-order valence-corrected chi connectivity index (χ3v) is 4.89. The fourth-order valence-corrected chi connectivity index (χ4v) is 3.15. The average Bonchev–Trinajstić information content (AvgIpc) is 3.00. The van der Waals surface area contributed by atoms with Crippen LogP contribution in [0.5, 0.6) is 0 Å². The van der Waals surface area contributed by atoms with E-state index in [0.29, 0.717) is 5.41 Å². The summed E-state index contributed by atoms with van der Waals surface area (Å²) in [5.74, 6) is 0. The number of rotatable bonds is 3. The van der Waals surface area contributed by atoms with E-state index in [1.54, 1.807) is 0 Å². The van der Waals surface area contributed by atoms with E-state index < -0.39 is 0 Å². The zero-order valence-electron chi connectivity index (χ0n) is 11.5. The van der Waals surface area contributed by atoms with Crippen LogP contribution in [-0.2, 0) is 0 Å². The molecule has 3 fully saturated rings. The van der Waals surface area contributed by atoms with Crippen molar-refractivity contribution in [1.82, 2.24) is 4.90 Å². The smallest absolute Gasteiger partial charge is 0.854 e. The molecule has 3 aliphatic rings. The van der Waals surface area contributed by atoms with Crippen molar-refractivity contribution in [1.29, 1.82) is 0 Å². The summed E-state index contributed by atoms with van der Waals surface area (Å²) in [6.07, 6.45) is 7.36. The summed E-state index contributed by atoms with van der Waals surface area (Å²) in [6, 6.07) is 0. The first kappa shape index (κ1) is 12.6. The Morgan fingerprint density at radius 3 is 2.12 bits per heavy atom. The van der Waals surface area contributed by atoms with Gasteiger partial charge in [-0.15, -0.1) is 6.61 Å². The van der Waals surface area contributed by atoms with Crippen LogP contribution in [0.15, 0.2) is 0 Å². The Morgan fingerprint density at radius 2 is 1.69 bits per heavy atom. The minimum atomic E-state index is 0. The van der Waals surface area contributed by atoms with Gasteiger partial charge in [0.2, 0.25) is 0 Å². The standard InChI is InChI=1S/C13H22NO.K/c15-11-13(4-5-13)10-14-8-6-12(7-9-14)2-1-3-12;/h1-11H2;/q-1;+1/i1T;. The van der Waals surface area contributed by atoms with Crippen LogP contribution < -0.4 is 56.5 Å². The SMILES string of the molecule is [3H]C1CC2(CCN(CC3(C[O-])CC3)CC2)C1.[K+]. The number of piperidine rings is 1. The Balaban J connectivity index is 0.00000108. The summed E-state index contributed by atoms with van der Waals surface area (Å²) in [5, 5.41) is 11.1. The van der Waals surface area contributed by atoms with Crippen molar-refractivity contribution in [3.05, 3.63) is 0 Å². The largest absolute Gasteiger partial charge is 1.00 e. The zero-order valence-corrected chi connectivity index (χ0v) is 13.6. The van der Waals surface area contributed by atoms with Gasteiger partial charge >= 0.3 is 51.4 Å². The van der Waals surface area contributed by atoms with Crippen molar-refractivity contribution in [3.63, 3.8) is 0 Å². The van der Waals surface area contributed by atoms with Gasteiger partial charge in [0.05, 0.1) is 0 Å². The number of likely N-dealkylation sites (tertiary alicyclic amines) is 1. The molecular weight excluding hydrogens is 225 g/mol. The molecule has 0 aromatic heterocycles. The van der Waals surface area contributed by atoms with Crippen LogP contribution in [0.25, 0.3) is 0 Å². The monoisotopic (exact) mass is 249 g/mol. The molecule has 0 N–H and O–H groups in total. The Kier molecular flexibility index (Phi) is 4.15. The Hall–Kier alpha value is 1.56. The van der Waals surface area contributed by atoms with E-state index in [1.807, 2.05) is 0 Å². The molecular formula is C13H22KNO. The molecule has 0 bridgehead atoms. The second-order valence-electron chi connectivity index (χ2n) is 6.12. The quantitative estimate of drug-likeness (QED) is 0.563. The van der Waals surface area contributed by atoms with Gasteiger partial charge < -0.3 is 10.0 Å². The normalized spacial score (nSPS) is 32.7. The minimum absolute atomic E-state index is 0. The van der Waals surface area contributed by atoms with E-state index >= 15 is 0 Å². The first-order valence-electron chi connectivity index (χ1n) is 6.96. The van der Waals surface area contributed by atoms with Crippen LogP contribution in [0.4, 0.5) is 0 Å². The summed E-state index contributed by atoms with van der Waals surface area (Å²) in [6.45, 7) is 3.53. The second-order valence-corrected chi connectivity index (χ2v) is 6.12.